The first kappa shape index (κ1) is 10.5. The van der Waals surface area contributed by atoms with Crippen molar-refractivity contribution in [3.8, 4) is 0 Å². The van der Waals surface area contributed by atoms with Gasteiger partial charge in [-0.05, 0) is 35.1 Å². The van der Waals surface area contributed by atoms with E-state index >= 15 is 0 Å². The van der Waals surface area contributed by atoms with Crippen molar-refractivity contribution < 1.29 is 0 Å². The van der Waals surface area contributed by atoms with E-state index in [1.54, 1.807) is 0 Å². The molecule has 0 amide bonds. The lowest BCUT2D eigenvalue weighted by Crippen LogP contribution is -2.25. The highest BCUT2D eigenvalue weighted by Crippen LogP contribution is 2.42. The van der Waals surface area contributed by atoms with Crippen LogP contribution in [-0.2, 0) is 13.1 Å². The number of hydrogen-bond acceptors (Lipinski definition) is 4. The van der Waals surface area contributed by atoms with Crippen molar-refractivity contribution in [1.82, 2.24) is 20.2 Å². The highest BCUT2D eigenvalue weighted by Gasteiger charge is 2.33. The summed E-state index contributed by atoms with van der Waals surface area (Å²) in [6.45, 7) is 3.62. The van der Waals surface area contributed by atoms with Gasteiger partial charge < -0.3 is 5.73 Å². The standard InChI is InChI=1S/C10H19N5/c1-2-10(5-3-4-6-10)8-15-9(7-11)12-13-14-15/h2-8,11H2,1H3. The number of aromatic nitrogens is 4. The Morgan fingerprint density at radius 1 is 1.40 bits per heavy atom. The Kier molecular flexibility index (Phi) is 3.00. The van der Waals surface area contributed by atoms with E-state index < -0.39 is 0 Å². The van der Waals surface area contributed by atoms with Gasteiger partial charge in [-0.3, -0.25) is 0 Å². The summed E-state index contributed by atoms with van der Waals surface area (Å²) < 4.78 is 1.88. The monoisotopic (exact) mass is 209 g/mol. The second-order valence-electron chi connectivity index (χ2n) is 4.52. The van der Waals surface area contributed by atoms with Crippen LogP contribution >= 0.6 is 0 Å². The van der Waals surface area contributed by atoms with Crippen LogP contribution in [0, 0.1) is 5.41 Å². The molecule has 15 heavy (non-hydrogen) atoms. The van der Waals surface area contributed by atoms with Crippen LogP contribution in [0.2, 0.25) is 0 Å². The fourth-order valence-corrected chi connectivity index (χ4v) is 2.56. The molecule has 0 saturated heterocycles. The van der Waals surface area contributed by atoms with Crippen LogP contribution in [0.5, 0.6) is 0 Å². The zero-order chi connectivity index (χ0) is 10.7. The van der Waals surface area contributed by atoms with Crippen LogP contribution in [0.3, 0.4) is 0 Å². The van der Waals surface area contributed by atoms with Gasteiger partial charge in [0.25, 0.3) is 0 Å². The molecule has 2 rings (SSSR count). The molecule has 1 aromatic heterocycles. The van der Waals surface area contributed by atoms with Crippen LogP contribution in [-0.4, -0.2) is 20.2 Å². The van der Waals surface area contributed by atoms with E-state index in [1.165, 1.54) is 32.1 Å². The van der Waals surface area contributed by atoms with Gasteiger partial charge >= 0.3 is 0 Å². The molecule has 0 aliphatic heterocycles. The van der Waals surface area contributed by atoms with Gasteiger partial charge in [0, 0.05) is 0 Å². The minimum absolute atomic E-state index is 0.416. The predicted octanol–water partition coefficient (Wildman–Crippen LogP) is 1.10. The molecule has 2 N–H and O–H groups in total. The maximum Gasteiger partial charge on any atom is 0.164 e. The van der Waals surface area contributed by atoms with Gasteiger partial charge in [-0.1, -0.05) is 19.8 Å². The third-order valence-corrected chi connectivity index (χ3v) is 3.69. The van der Waals surface area contributed by atoms with Gasteiger partial charge in [0.2, 0.25) is 0 Å². The molecule has 1 saturated carbocycles. The van der Waals surface area contributed by atoms with Crippen LogP contribution in [0.1, 0.15) is 44.9 Å². The fraction of sp³-hybridized carbons (Fsp3) is 0.900. The molecular formula is C10H19N5. The Labute approximate surface area is 90.0 Å². The number of nitrogens with two attached hydrogens (primary N) is 1. The average molecular weight is 209 g/mol. The van der Waals surface area contributed by atoms with E-state index in [1.807, 2.05) is 4.68 Å². The Morgan fingerprint density at radius 2 is 2.13 bits per heavy atom. The van der Waals surface area contributed by atoms with E-state index in [9.17, 15) is 0 Å². The molecule has 0 bridgehead atoms. The van der Waals surface area contributed by atoms with Crippen molar-refractivity contribution in [2.24, 2.45) is 11.1 Å². The fourth-order valence-electron chi connectivity index (χ4n) is 2.56. The number of hydrogen-bond donors (Lipinski definition) is 1. The maximum atomic E-state index is 5.59. The summed E-state index contributed by atoms with van der Waals surface area (Å²) in [5.74, 6) is 0.801. The smallest absolute Gasteiger partial charge is 0.164 e. The molecule has 1 aliphatic carbocycles. The van der Waals surface area contributed by atoms with Crippen LogP contribution in [0.4, 0.5) is 0 Å². The van der Waals surface area contributed by atoms with Gasteiger partial charge in [0.15, 0.2) is 5.82 Å². The summed E-state index contributed by atoms with van der Waals surface area (Å²) in [5, 5.41) is 11.6. The summed E-state index contributed by atoms with van der Waals surface area (Å²) >= 11 is 0. The predicted molar refractivity (Wildman–Crippen MR) is 56.9 cm³/mol. The molecule has 0 aromatic carbocycles. The molecule has 1 aromatic rings. The summed E-state index contributed by atoms with van der Waals surface area (Å²) in [7, 11) is 0. The number of nitrogens with zero attached hydrogens (tertiary/aromatic N) is 4. The largest absolute Gasteiger partial charge is 0.324 e. The van der Waals surface area contributed by atoms with Crippen molar-refractivity contribution in [1.29, 1.82) is 0 Å². The van der Waals surface area contributed by atoms with Gasteiger partial charge in [-0.15, -0.1) is 5.10 Å². The van der Waals surface area contributed by atoms with Gasteiger partial charge in [-0.2, -0.15) is 0 Å². The quantitative estimate of drug-likeness (QED) is 0.806. The molecule has 0 spiro atoms. The lowest BCUT2D eigenvalue weighted by molar-refractivity contribution is 0.221. The van der Waals surface area contributed by atoms with Crippen LogP contribution in [0.15, 0.2) is 0 Å². The molecule has 1 heterocycles. The second kappa shape index (κ2) is 4.26. The summed E-state index contributed by atoms with van der Waals surface area (Å²) in [6, 6.07) is 0. The Bertz CT molecular complexity index is 313. The Morgan fingerprint density at radius 3 is 2.73 bits per heavy atom. The van der Waals surface area contributed by atoms with E-state index in [0.29, 0.717) is 12.0 Å². The third-order valence-electron chi connectivity index (χ3n) is 3.69. The first-order chi connectivity index (χ1) is 7.29. The third kappa shape index (κ3) is 2.02. The van der Waals surface area contributed by atoms with E-state index in [-0.39, 0.29) is 0 Å². The van der Waals surface area contributed by atoms with Crippen LogP contribution in [0.25, 0.3) is 0 Å². The molecule has 0 radical (unpaired) electrons. The summed E-state index contributed by atoms with van der Waals surface area (Å²) in [5.41, 5.74) is 6.01. The highest BCUT2D eigenvalue weighted by molar-refractivity contribution is 4.87. The van der Waals surface area contributed by atoms with Crippen molar-refractivity contribution in [2.75, 3.05) is 0 Å². The molecule has 0 unspecified atom stereocenters. The molecule has 84 valence electrons. The van der Waals surface area contributed by atoms with Crippen molar-refractivity contribution in [3.05, 3.63) is 5.82 Å². The molecule has 5 nitrogen and oxygen atoms in total. The normalized spacial score (nSPS) is 19.6. The highest BCUT2D eigenvalue weighted by atomic mass is 15.5. The van der Waals surface area contributed by atoms with Gasteiger partial charge in [0.05, 0.1) is 13.1 Å². The minimum Gasteiger partial charge on any atom is -0.324 e. The van der Waals surface area contributed by atoms with Gasteiger partial charge in [-0.25, -0.2) is 4.68 Å². The first-order valence-corrected chi connectivity index (χ1v) is 5.75. The maximum absolute atomic E-state index is 5.59. The zero-order valence-corrected chi connectivity index (χ0v) is 9.32. The molecule has 0 atom stereocenters. The van der Waals surface area contributed by atoms with E-state index in [2.05, 4.69) is 22.4 Å². The van der Waals surface area contributed by atoms with Crippen molar-refractivity contribution in [2.45, 2.75) is 52.1 Å². The summed E-state index contributed by atoms with van der Waals surface area (Å²) in [6.07, 6.45) is 6.49. The average Bonchev–Trinajstić information content (AvgIpc) is 2.88. The lowest BCUT2D eigenvalue weighted by atomic mass is 9.83. The Balaban J connectivity index is 2.12. The second-order valence-corrected chi connectivity index (χ2v) is 4.52. The zero-order valence-electron chi connectivity index (χ0n) is 9.32. The first-order valence-electron chi connectivity index (χ1n) is 5.75. The molecule has 1 aliphatic rings. The molecule has 5 heteroatoms. The minimum atomic E-state index is 0.416. The van der Waals surface area contributed by atoms with E-state index in [0.717, 1.165) is 12.4 Å². The van der Waals surface area contributed by atoms with Crippen molar-refractivity contribution in [3.63, 3.8) is 0 Å². The molecule has 1 fully saturated rings. The van der Waals surface area contributed by atoms with E-state index in [4.69, 9.17) is 5.73 Å². The van der Waals surface area contributed by atoms with Crippen LogP contribution < -0.4 is 5.73 Å². The van der Waals surface area contributed by atoms with Gasteiger partial charge in [0.1, 0.15) is 0 Å². The van der Waals surface area contributed by atoms with Crippen molar-refractivity contribution >= 4 is 0 Å². The SMILES string of the molecule is CCC1(Cn2nnnc2CN)CCCC1. The summed E-state index contributed by atoms with van der Waals surface area (Å²) in [4.78, 5) is 0. The number of tetrazole rings is 1. The topological polar surface area (TPSA) is 69.6 Å². The number of rotatable bonds is 4. The lowest BCUT2D eigenvalue weighted by Gasteiger charge is -2.27. The molecular weight excluding hydrogens is 190 g/mol. The Hall–Kier alpha value is -0.970.